The smallest absolute Gasteiger partial charge is 0.168 e. The first kappa shape index (κ1) is 11.8. The molecule has 1 N–H and O–H groups in total. The molecule has 0 bridgehead atoms. The van der Waals surface area contributed by atoms with Crippen LogP contribution < -0.4 is 0 Å². The fourth-order valence-electron chi connectivity index (χ4n) is 1.88. The molecule has 1 rings (SSSR count). The molecule has 0 fully saturated rings. The minimum Gasteiger partial charge on any atom is -0.511 e. The molecule has 0 saturated carbocycles. The Labute approximate surface area is 89.6 Å². The normalized spacial score (nSPS) is 21.9. The Morgan fingerprint density at radius 2 is 2.07 bits per heavy atom. The summed E-state index contributed by atoms with van der Waals surface area (Å²) in [7, 11) is 1.42. The monoisotopic (exact) mass is 211 g/mol. The van der Waals surface area contributed by atoms with Crippen LogP contribution in [0.4, 0.5) is 0 Å². The number of Topliss-reactive ketones (excluding diaryl/α,β-unsaturated/α-hetero) is 1. The molecule has 1 aliphatic rings. The molecule has 0 amide bonds. The van der Waals surface area contributed by atoms with Crippen LogP contribution in [-0.4, -0.2) is 23.7 Å². The predicted octanol–water partition coefficient (Wildman–Crippen LogP) is 2.21. The average Bonchev–Trinajstić information content (AvgIpc) is 1.99. The minimum absolute atomic E-state index is 0.0675. The molecular weight excluding hydrogens is 194 g/mol. The van der Waals surface area contributed by atoms with E-state index < -0.39 is 0 Å². The van der Waals surface area contributed by atoms with E-state index in [2.05, 4.69) is 9.99 Å². The van der Waals surface area contributed by atoms with Crippen molar-refractivity contribution in [2.75, 3.05) is 7.11 Å². The molecule has 0 heterocycles. The van der Waals surface area contributed by atoms with Gasteiger partial charge in [0.2, 0.25) is 0 Å². The highest BCUT2D eigenvalue weighted by Crippen LogP contribution is 2.35. The largest absolute Gasteiger partial charge is 0.511 e. The van der Waals surface area contributed by atoms with Crippen LogP contribution in [0, 0.1) is 5.41 Å². The number of oxime groups is 1. The number of hydrogen-bond donors (Lipinski definition) is 1. The fraction of sp³-hybridized carbons (Fsp3) is 0.636. The van der Waals surface area contributed by atoms with Crippen molar-refractivity contribution in [3.8, 4) is 0 Å². The van der Waals surface area contributed by atoms with E-state index >= 15 is 0 Å². The van der Waals surface area contributed by atoms with E-state index in [9.17, 15) is 9.90 Å². The van der Waals surface area contributed by atoms with Crippen molar-refractivity contribution in [1.82, 2.24) is 0 Å². The lowest BCUT2D eigenvalue weighted by Gasteiger charge is -2.29. The Kier molecular flexibility index (Phi) is 3.17. The van der Waals surface area contributed by atoms with Gasteiger partial charge in [0.25, 0.3) is 0 Å². The third kappa shape index (κ3) is 2.58. The molecule has 0 atom stereocenters. The Morgan fingerprint density at radius 3 is 2.53 bits per heavy atom. The van der Waals surface area contributed by atoms with Crippen LogP contribution >= 0.6 is 0 Å². The highest BCUT2D eigenvalue weighted by atomic mass is 16.6. The van der Waals surface area contributed by atoms with Gasteiger partial charge in [-0.3, -0.25) is 4.79 Å². The highest BCUT2D eigenvalue weighted by Gasteiger charge is 2.34. The van der Waals surface area contributed by atoms with E-state index in [1.807, 2.05) is 13.8 Å². The second-order valence-electron chi connectivity index (χ2n) is 4.62. The maximum atomic E-state index is 11.8. The first-order valence-electron chi connectivity index (χ1n) is 4.91. The third-order valence-electron chi connectivity index (χ3n) is 2.44. The van der Waals surface area contributed by atoms with Crippen LogP contribution in [0.25, 0.3) is 0 Å². The van der Waals surface area contributed by atoms with Gasteiger partial charge in [0.1, 0.15) is 12.9 Å². The summed E-state index contributed by atoms with van der Waals surface area (Å²) in [5.74, 6) is 0.0524. The van der Waals surface area contributed by atoms with Gasteiger partial charge in [-0.15, -0.1) is 0 Å². The molecule has 0 aliphatic heterocycles. The van der Waals surface area contributed by atoms with Gasteiger partial charge < -0.3 is 9.94 Å². The van der Waals surface area contributed by atoms with Crippen LogP contribution in [-0.2, 0) is 9.63 Å². The zero-order valence-corrected chi connectivity index (χ0v) is 9.63. The molecular formula is C11H17NO3. The summed E-state index contributed by atoms with van der Waals surface area (Å²) in [5.41, 5.74) is 0.588. The molecule has 4 heteroatoms. The van der Waals surface area contributed by atoms with Crippen LogP contribution in [0.3, 0.4) is 0 Å². The fourth-order valence-corrected chi connectivity index (χ4v) is 1.88. The first-order valence-corrected chi connectivity index (χ1v) is 4.91. The molecule has 1 aliphatic carbocycles. The molecule has 0 unspecified atom stereocenters. The summed E-state index contributed by atoms with van der Waals surface area (Å²) in [4.78, 5) is 16.4. The molecule has 0 aromatic rings. The Balaban J connectivity index is 3.08. The molecule has 0 saturated heterocycles. The van der Waals surface area contributed by atoms with Crippen molar-refractivity contribution in [3.63, 3.8) is 0 Å². The summed E-state index contributed by atoms with van der Waals surface area (Å²) >= 11 is 0. The van der Waals surface area contributed by atoms with E-state index in [1.54, 1.807) is 6.92 Å². The van der Waals surface area contributed by atoms with Crippen molar-refractivity contribution in [3.05, 3.63) is 11.3 Å². The zero-order valence-electron chi connectivity index (χ0n) is 9.63. The Hall–Kier alpha value is -1.32. The van der Waals surface area contributed by atoms with E-state index in [0.717, 1.165) is 0 Å². The molecule has 0 aromatic carbocycles. The molecule has 15 heavy (non-hydrogen) atoms. The predicted molar refractivity (Wildman–Crippen MR) is 57.8 cm³/mol. The number of ketones is 1. The lowest BCUT2D eigenvalue weighted by molar-refractivity contribution is -0.118. The first-order chi connectivity index (χ1) is 6.87. The topological polar surface area (TPSA) is 58.9 Å². The second-order valence-corrected chi connectivity index (χ2v) is 4.62. The van der Waals surface area contributed by atoms with Crippen LogP contribution in [0.5, 0.6) is 0 Å². The van der Waals surface area contributed by atoms with Crippen molar-refractivity contribution in [2.45, 2.75) is 33.6 Å². The summed E-state index contributed by atoms with van der Waals surface area (Å²) in [5, 5.41) is 13.5. The molecule has 0 aromatic heterocycles. The van der Waals surface area contributed by atoms with Crippen LogP contribution in [0.15, 0.2) is 16.5 Å². The lowest BCUT2D eigenvalue weighted by atomic mass is 9.76. The van der Waals surface area contributed by atoms with Gasteiger partial charge >= 0.3 is 0 Å². The van der Waals surface area contributed by atoms with Crippen molar-refractivity contribution in [2.24, 2.45) is 10.6 Å². The Morgan fingerprint density at radius 1 is 1.47 bits per heavy atom. The van der Waals surface area contributed by atoms with Gasteiger partial charge in [-0.1, -0.05) is 19.0 Å². The summed E-state index contributed by atoms with van der Waals surface area (Å²) in [6.45, 7) is 5.58. The van der Waals surface area contributed by atoms with Crippen molar-refractivity contribution < 1.29 is 14.7 Å². The van der Waals surface area contributed by atoms with Gasteiger partial charge in [0.05, 0.1) is 11.3 Å². The quantitative estimate of drug-likeness (QED) is 0.562. The molecule has 0 radical (unpaired) electrons. The zero-order chi connectivity index (χ0) is 11.6. The van der Waals surface area contributed by atoms with Gasteiger partial charge in [-0.25, -0.2) is 0 Å². The van der Waals surface area contributed by atoms with Crippen LogP contribution in [0.2, 0.25) is 0 Å². The van der Waals surface area contributed by atoms with Gasteiger partial charge in [0, 0.05) is 12.8 Å². The number of carbonyl (C=O) groups is 1. The SMILES string of the molecule is CO/N=C(\C)C1=C(O)CC(C)(C)CC1=O. The minimum atomic E-state index is -0.169. The van der Waals surface area contributed by atoms with E-state index in [4.69, 9.17) is 0 Å². The molecule has 0 spiro atoms. The van der Waals surface area contributed by atoms with Gasteiger partial charge in [-0.2, -0.15) is 0 Å². The number of carbonyl (C=O) groups excluding carboxylic acids is 1. The number of aliphatic hydroxyl groups excluding tert-OH is 1. The summed E-state index contributed by atoms with van der Waals surface area (Å²) < 4.78 is 0. The molecule has 84 valence electrons. The number of hydrogen-bond acceptors (Lipinski definition) is 4. The standard InChI is InChI=1S/C11H17NO3/c1-7(12-15-4)10-8(13)5-11(2,3)6-9(10)14/h13H,5-6H2,1-4H3/b12-7+. The summed E-state index contributed by atoms with van der Waals surface area (Å²) in [6, 6.07) is 0. The third-order valence-corrected chi connectivity index (χ3v) is 2.44. The van der Waals surface area contributed by atoms with Gasteiger partial charge in [-0.05, 0) is 12.3 Å². The second kappa shape index (κ2) is 4.04. The maximum Gasteiger partial charge on any atom is 0.168 e. The number of nitrogens with zero attached hydrogens (tertiary/aromatic N) is 1. The maximum absolute atomic E-state index is 11.8. The summed E-state index contributed by atoms with van der Waals surface area (Å²) in [6.07, 6.45) is 0.938. The van der Waals surface area contributed by atoms with E-state index in [1.165, 1.54) is 7.11 Å². The number of allylic oxidation sites excluding steroid dienone is 2. The van der Waals surface area contributed by atoms with E-state index in [0.29, 0.717) is 24.1 Å². The highest BCUT2D eigenvalue weighted by molar-refractivity contribution is 6.22. The number of rotatable bonds is 2. The lowest BCUT2D eigenvalue weighted by Crippen LogP contribution is -2.28. The van der Waals surface area contributed by atoms with Crippen LogP contribution in [0.1, 0.15) is 33.6 Å². The van der Waals surface area contributed by atoms with Crippen molar-refractivity contribution >= 4 is 11.5 Å². The van der Waals surface area contributed by atoms with E-state index in [-0.39, 0.29) is 17.0 Å². The Bertz CT molecular complexity index is 340. The molecule has 4 nitrogen and oxygen atoms in total. The van der Waals surface area contributed by atoms with Crippen molar-refractivity contribution in [1.29, 1.82) is 0 Å². The van der Waals surface area contributed by atoms with Gasteiger partial charge in [0.15, 0.2) is 5.78 Å². The number of aliphatic hydroxyl groups is 1. The average molecular weight is 211 g/mol.